The van der Waals surface area contributed by atoms with Crippen molar-refractivity contribution >= 4 is 67.9 Å². The summed E-state index contributed by atoms with van der Waals surface area (Å²) in [6, 6.07) is 13.1. The van der Waals surface area contributed by atoms with E-state index < -0.39 is 0 Å². The molecule has 1 aliphatic rings. The van der Waals surface area contributed by atoms with Crippen molar-refractivity contribution in [3.63, 3.8) is 0 Å². The molecule has 2 aromatic carbocycles. The van der Waals surface area contributed by atoms with E-state index in [9.17, 15) is 0 Å². The smallest absolute Gasteiger partial charge is 0.209 e. The van der Waals surface area contributed by atoms with E-state index in [2.05, 4.69) is 92.0 Å². The van der Waals surface area contributed by atoms with E-state index in [1.165, 1.54) is 37.7 Å². The molecule has 0 aliphatic heterocycles. The van der Waals surface area contributed by atoms with Gasteiger partial charge in [-0.2, -0.15) is 0 Å². The third-order valence-corrected chi connectivity index (χ3v) is 7.68. The Bertz CT molecular complexity index is 985. The third-order valence-electron chi connectivity index (χ3n) is 5.32. The van der Waals surface area contributed by atoms with Crippen molar-refractivity contribution < 1.29 is 4.74 Å². The second kappa shape index (κ2) is 9.87. The van der Waals surface area contributed by atoms with Crippen LogP contribution in [0, 0.1) is 7.14 Å². The molecule has 0 saturated heterocycles. The van der Waals surface area contributed by atoms with Gasteiger partial charge in [0.05, 0.1) is 19.9 Å². The summed E-state index contributed by atoms with van der Waals surface area (Å²) in [5, 5.41) is 2.86. The number of halogens is 2. The quantitative estimate of drug-likeness (QED) is 0.213. The van der Waals surface area contributed by atoms with Crippen LogP contribution in [0.2, 0.25) is 0 Å². The van der Waals surface area contributed by atoms with Gasteiger partial charge >= 0.3 is 0 Å². The Hall–Kier alpha value is -1.000. The zero-order valence-corrected chi connectivity index (χ0v) is 21.3. The molecule has 6 heteroatoms. The third kappa shape index (κ3) is 5.19. The Morgan fingerprint density at radius 1 is 1.07 bits per heavy atom. The summed E-state index contributed by atoms with van der Waals surface area (Å²) < 4.78 is 7.58. The van der Waals surface area contributed by atoms with Crippen molar-refractivity contribution in [3.05, 3.63) is 60.0 Å². The fourth-order valence-corrected chi connectivity index (χ4v) is 6.72. The van der Waals surface area contributed by atoms with Gasteiger partial charge in [-0.1, -0.05) is 43.5 Å². The molecule has 1 heterocycles. The predicted molar refractivity (Wildman–Crippen MR) is 139 cm³/mol. The van der Waals surface area contributed by atoms with E-state index in [4.69, 9.17) is 9.72 Å². The van der Waals surface area contributed by atoms with Crippen molar-refractivity contribution in [1.29, 1.82) is 0 Å². The number of thiazole rings is 1. The van der Waals surface area contributed by atoms with Gasteiger partial charge in [0.1, 0.15) is 5.75 Å². The first-order chi connectivity index (χ1) is 14.1. The molecule has 0 spiro atoms. The maximum Gasteiger partial charge on any atom is 0.209 e. The van der Waals surface area contributed by atoms with Gasteiger partial charge in [0.25, 0.3) is 0 Å². The zero-order chi connectivity index (χ0) is 20.2. The summed E-state index contributed by atoms with van der Waals surface area (Å²) in [5.41, 5.74) is 4.69. The van der Waals surface area contributed by atoms with Gasteiger partial charge in [0, 0.05) is 17.2 Å². The van der Waals surface area contributed by atoms with Crippen LogP contribution in [0.5, 0.6) is 5.75 Å². The number of methoxy groups -OCH3 is 1. The molecule has 0 radical (unpaired) electrons. The molecule has 0 N–H and O–H groups in total. The Morgan fingerprint density at radius 3 is 2.41 bits per heavy atom. The SMILES string of the molecule is COc1c(I)cc(C=Nc2nc(-c3ccc(C4CCCCC4)cc3)cs2)cc1I. The summed E-state index contributed by atoms with van der Waals surface area (Å²) in [5.74, 6) is 1.65. The second-order valence-corrected chi connectivity index (χ2v) is 10.4. The molecule has 0 unspecified atom stereocenters. The minimum Gasteiger partial charge on any atom is -0.495 e. The van der Waals surface area contributed by atoms with Crippen molar-refractivity contribution in [2.24, 2.45) is 4.99 Å². The average Bonchev–Trinajstić information content (AvgIpc) is 3.22. The van der Waals surface area contributed by atoms with Crippen LogP contribution in [0.25, 0.3) is 11.3 Å². The first-order valence-electron chi connectivity index (χ1n) is 9.77. The highest BCUT2D eigenvalue weighted by atomic mass is 127. The van der Waals surface area contributed by atoms with Crippen molar-refractivity contribution in [1.82, 2.24) is 4.98 Å². The maximum atomic E-state index is 5.42. The molecule has 3 aromatic rings. The number of aliphatic imine (C=N–C) groups is 1. The first kappa shape index (κ1) is 21.2. The standard InChI is InChI=1S/C23H22I2N2OS/c1-28-22-19(24)11-15(12-20(22)25)13-26-23-27-21(14-29-23)18-9-7-17(8-10-18)16-5-3-2-4-6-16/h7-14,16H,2-6H2,1H3. The maximum absolute atomic E-state index is 5.42. The lowest BCUT2D eigenvalue weighted by atomic mass is 9.84. The summed E-state index contributed by atoms with van der Waals surface area (Å²) >= 11 is 6.16. The number of hydrogen-bond acceptors (Lipinski definition) is 4. The van der Waals surface area contributed by atoms with Crippen LogP contribution in [0.4, 0.5) is 5.13 Å². The Morgan fingerprint density at radius 2 is 1.76 bits per heavy atom. The summed E-state index contributed by atoms with van der Waals surface area (Å²) in [7, 11) is 1.70. The highest BCUT2D eigenvalue weighted by molar-refractivity contribution is 14.1. The van der Waals surface area contributed by atoms with E-state index in [1.807, 2.05) is 6.21 Å². The van der Waals surface area contributed by atoms with Crippen LogP contribution in [0.3, 0.4) is 0 Å². The van der Waals surface area contributed by atoms with Gasteiger partial charge in [-0.25, -0.2) is 9.98 Å². The lowest BCUT2D eigenvalue weighted by molar-refractivity contribution is 0.409. The monoisotopic (exact) mass is 628 g/mol. The molecule has 0 amide bonds. The highest BCUT2D eigenvalue weighted by Gasteiger charge is 2.15. The molecule has 3 nitrogen and oxygen atoms in total. The molecule has 29 heavy (non-hydrogen) atoms. The number of nitrogens with zero attached hydrogens (tertiary/aromatic N) is 2. The van der Waals surface area contributed by atoms with Crippen LogP contribution in [-0.4, -0.2) is 18.3 Å². The number of rotatable bonds is 5. The van der Waals surface area contributed by atoms with Crippen LogP contribution >= 0.6 is 56.5 Å². The van der Waals surface area contributed by atoms with E-state index in [0.29, 0.717) is 0 Å². The highest BCUT2D eigenvalue weighted by Crippen LogP contribution is 2.34. The van der Waals surface area contributed by atoms with Crippen LogP contribution in [-0.2, 0) is 0 Å². The molecular weight excluding hydrogens is 606 g/mol. The van der Waals surface area contributed by atoms with E-state index in [-0.39, 0.29) is 0 Å². The lowest BCUT2D eigenvalue weighted by Crippen LogP contribution is -2.04. The van der Waals surface area contributed by atoms with E-state index in [0.717, 1.165) is 40.8 Å². The minimum atomic E-state index is 0.739. The number of aromatic nitrogens is 1. The van der Waals surface area contributed by atoms with Crippen LogP contribution in [0.1, 0.15) is 49.1 Å². The summed E-state index contributed by atoms with van der Waals surface area (Å²) in [4.78, 5) is 9.29. The number of hydrogen-bond donors (Lipinski definition) is 0. The van der Waals surface area contributed by atoms with Crippen LogP contribution < -0.4 is 4.74 Å². The largest absolute Gasteiger partial charge is 0.495 e. The van der Waals surface area contributed by atoms with Gasteiger partial charge in [0.15, 0.2) is 0 Å². The topological polar surface area (TPSA) is 34.5 Å². The molecule has 4 rings (SSSR count). The number of ether oxygens (including phenoxy) is 1. The number of benzene rings is 2. The molecule has 150 valence electrons. The zero-order valence-electron chi connectivity index (χ0n) is 16.2. The molecule has 1 aromatic heterocycles. The predicted octanol–water partition coefficient (Wildman–Crippen LogP) is 7.83. The Kier molecular flexibility index (Phi) is 7.23. The average molecular weight is 628 g/mol. The molecule has 1 fully saturated rings. The van der Waals surface area contributed by atoms with Gasteiger partial charge in [-0.15, -0.1) is 11.3 Å². The fraction of sp³-hybridized carbons (Fsp3) is 0.304. The summed E-state index contributed by atoms with van der Waals surface area (Å²) in [6.45, 7) is 0. The van der Waals surface area contributed by atoms with Crippen molar-refractivity contribution in [2.45, 2.75) is 38.0 Å². The molecule has 0 atom stereocenters. The van der Waals surface area contributed by atoms with Gasteiger partial charge < -0.3 is 4.74 Å². The lowest BCUT2D eigenvalue weighted by Gasteiger charge is -2.22. The van der Waals surface area contributed by atoms with Crippen molar-refractivity contribution in [2.75, 3.05) is 7.11 Å². The molecule has 1 saturated carbocycles. The molecule has 0 bridgehead atoms. The van der Waals surface area contributed by atoms with Crippen molar-refractivity contribution in [3.8, 4) is 17.0 Å². The fourth-order valence-electron chi connectivity index (χ4n) is 3.80. The summed E-state index contributed by atoms with van der Waals surface area (Å²) in [6.07, 6.45) is 8.67. The molecular formula is C23H22I2N2OS. The van der Waals surface area contributed by atoms with Crippen LogP contribution in [0.15, 0.2) is 46.8 Å². The van der Waals surface area contributed by atoms with E-state index >= 15 is 0 Å². The first-order valence-corrected chi connectivity index (χ1v) is 12.8. The Labute approximate surface area is 203 Å². The van der Waals surface area contributed by atoms with Gasteiger partial charge in [0.2, 0.25) is 5.13 Å². The van der Waals surface area contributed by atoms with Gasteiger partial charge in [-0.3, -0.25) is 0 Å². The molecule has 1 aliphatic carbocycles. The normalized spacial score (nSPS) is 15.1. The van der Waals surface area contributed by atoms with E-state index in [1.54, 1.807) is 18.4 Å². The second-order valence-electron chi connectivity index (χ2n) is 7.25. The van der Waals surface area contributed by atoms with Gasteiger partial charge in [-0.05, 0) is 87.2 Å². The Balaban J connectivity index is 1.47. The minimum absolute atomic E-state index is 0.739.